The lowest BCUT2D eigenvalue weighted by molar-refractivity contribution is 0.174. The number of rotatable bonds is 5. The van der Waals surface area contributed by atoms with Crippen LogP contribution in [0.25, 0.3) is 10.4 Å². The normalized spacial score (nSPS) is 12.7. The van der Waals surface area contributed by atoms with Crippen molar-refractivity contribution in [1.29, 1.82) is 0 Å². The predicted octanol–water partition coefficient (Wildman–Crippen LogP) is 3.25. The molecule has 1 aliphatic rings. The summed E-state index contributed by atoms with van der Waals surface area (Å²) in [7, 11) is 1.67. The first-order chi connectivity index (χ1) is 9.78. The van der Waals surface area contributed by atoms with Crippen molar-refractivity contribution in [3.05, 3.63) is 23.4 Å². The summed E-state index contributed by atoms with van der Waals surface area (Å²) in [6.45, 7) is 1.58. The van der Waals surface area contributed by atoms with E-state index in [1.165, 1.54) is 0 Å². The summed E-state index contributed by atoms with van der Waals surface area (Å²) in [4.78, 5) is 5.34. The van der Waals surface area contributed by atoms with Crippen molar-refractivity contribution in [2.24, 2.45) is 0 Å². The summed E-state index contributed by atoms with van der Waals surface area (Å²) in [6, 6.07) is 3.78. The predicted molar refractivity (Wildman–Crippen MR) is 79.0 cm³/mol. The topological polar surface area (TPSA) is 52.6 Å². The summed E-state index contributed by atoms with van der Waals surface area (Å²) in [5.41, 5.74) is 0.969. The van der Waals surface area contributed by atoms with Crippen molar-refractivity contribution in [1.82, 2.24) is 4.98 Å². The molecule has 0 bridgehead atoms. The third-order valence-electron chi connectivity index (χ3n) is 2.80. The minimum atomic E-state index is 0.213. The van der Waals surface area contributed by atoms with Gasteiger partial charge in [0.05, 0.1) is 16.5 Å². The second-order valence-electron chi connectivity index (χ2n) is 4.14. The van der Waals surface area contributed by atoms with E-state index in [0.29, 0.717) is 23.1 Å². The minimum absolute atomic E-state index is 0.213. The maximum absolute atomic E-state index is 6.18. The van der Waals surface area contributed by atoms with Gasteiger partial charge in [0.2, 0.25) is 6.79 Å². The lowest BCUT2D eigenvalue weighted by Crippen LogP contribution is -2.06. The molecule has 3 rings (SSSR count). The zero-order valence-electron chi connectivity index (χ0n) is 10.8. The fraction of sp³-hybridized carbons (Fsp3) is 0.308. The number of benzene rings is 1. The van der Waals surface area contributed by atoms with Gasteiger partial charge in [0.15, 0.2) is 16.6 Å². The smallest absolute Gasteiger partial charge is 0.231 e. The largest absolute Gasteiger partial charge is 0.454 e. The first-order valence-electron chi connectivity index (χ1n) is 6.06. The van der Waals surface area contributed by atoms with Crippen molar-refractivity contribution in [2.75, 3.05) is 32.4 Å². The van der Waals surface area contributed by atoms with Crippen LogP contribution in [0.2, 0.25) is 5.02 Å². The fourth-order valence-corrected chi connectivity index (χ4v) is 2.95. The van der Waals surface area contributed by atoms with Gasteiger partial charge >= 0.3 is 0 Å². The SMILES string of the molecule is COCCNc1ncc(-c2cc(Cl)c3c(c2)OCO3)s1. The maximum atomic E-state index is 6.18. The molecule has 0 saturated heterocycles. The number of ether oxygens (including phenoxy) is 3. The van der Waals surface area contributed by atoms with Gasteiger partial charge in [-0.15, -0.1) is 0 Å². The Bertz CT molecular complexity index is 618. The number of methoxy groups -OCH3 is 1. The van der Waals surface area contributed by atoms with Crippen molar-refractivity contribution in [3.8, 4) is 21.9 Å². The van der Waals surface area contributed by atoms with Gasteiger partial charge < -0.3 is 19.5 Å². The molecule has 0 spiro atoms. The first kappa shape index (κ1) is 13.5. The Balaban J connectivity index is 1.81. The number of anilines is 1. The Labute approximate surface area is 125 Å². The molecule has 1 aromatic heterocycles. The number of nitrogens with zero attached hydrogens (tertiary/aromatic N) is 1. The minimum Gasteiger partial charge on any atom is -0.454 e. The van der Waals surface area contributed by atoms with Crippen LogP contribution < -0.4 is 14.8 Å². The van der Waals surface area contributed by atoms with Crippen molar-refractivity contribution >= 4 is 28.1 Å². The Morgan fingerprint density at radius 3 is 3.20 bits per heavy atom. The summed E-state index contributed by atoms with van der Waals surface area (Å²) >= 11 is 7.74. The average Bonchev–Trinajstić information content (AvgIpc) is 3.07. The highest BCUT2D eigenvalue weighted by Crippen LogP contribution is 2.43. The lowest BCUT2D eigenvalue weighted by atomic mass is 10.2. The van der Waals surface area contributed by atoms with Crippen molar-refractivity contribution in [2.45, 2.75) is 0 Å². The number of hydrogen-bond acceptors (Lipinski definition) is 6. The number of thiazole rings is 1. The van der Waals surface area contributed by atoms with Crippen molar-refractivity contribution < 1.29 is 14.2 Å². The van der Waals surface area contributed by atoms with Gasteiger partial charge in [-0.3, -0.25) is 0 Å². The number of fused-ring (bicyclic) bond motifs is 1. The van der Waals surface area contributed by atoms with E-state index in [1.807, 2.05) is 18.3 Å². The molecule has 0 fully saturated rings. The Morgan fingerprint density at radius 2 is 2.35 bits per heavy atom. The Kier molecular flexibility index (Phi) is 3.95. The van der Waals surface area contributed by atoms with Gasteiger partial charge in [-0.05, 0) is 17.7 Å². The quantitative estimate of drug-likeness (QED) is 0.859. The molecule has 0 saturated carbocycles. The van der Waals surface area contributed by atoms with Crippen LogP contribution in [0.4, 0.5) is 5.13 Å². The molecule has 1 aromatic carbocycles. The van der Waals surface area contributed by atoms with E-state index in [2.05, 4.69) is 10.3 Å². The molecule has 2 aromatic rings. The van der Waals surface area contributed by atoms with Crippen LogP contribution in [0, 0.1) is 0 Å². The molecule has 2 heterocycles. The van der Waals surface area contributed by atoms with E-state index in [4.69, 9.17) is 25.8 Å². The summed E-state index contributed by atoms with van der Waals surface area (Å²) < 4.78 is 15.7. The van der Waals surface area contributed by atoms with Crippen LogP contribution in [0.5, 0.6) is 11.5 Å². The summed E-state index contributed by atoms with van der Waals surface area (Å²) in [6.07, 6.45) is 1.81. The summed E-state index contributed by atoms with van der Waals surface area (Å²) in [5, 5.41) is 4.60. The molecule has 7 heteroatoms. The Hall–Kier alpha value is -1.50. The molecule has 106 valence electrons. The molecule has 0 amide bonds. The molecule has 0 radical (unpaired) electrons. The zero-order valence-corrected chi connectivity index (χ0v) is 12.4. The lowest BCUT2D eigenvalue weighted by Gasteiger charge is -2.02. The molecule has 0 aliphatic carbocycles. The number of aromatic nitrogens is 1. The Morgan fingerprint density at radius 1 is 1.45 bits per heavy atom. The highest BCUT2D eigenvalue weighted by Gasteiger charge is 2.19. The second-order valence-corrected chi connectivity index (χ2v) is 5.58. The van der Waals surface area contributed by atoms with Crippen LogP contribution in [0.1, 0.15) is 0 Å². The van der Waals surface area contributed by atoms with Crippen LogP contribution in [0.3, 0.4) is 0 Å². The molecular weight excluding hydrogens is 300 g/mol. The zero-order chi connectivity index (χ0) is 13.9. The van der Waals surface area contributed by atoms with Crippen LogP contribution in [-0.2, 0) is 4.74 Å². The molecule has 5 nitrogen and oxygen atoms in total. The monoisotopic (exact) mass is 312 g/mol. The van der Waals surface area contributed by atoms with E-state index in [1.54, 1.807) is 18.4 Å². The average molecular weight is 313 g/mol. The maximum Gasteiger partial charge on any atom is 0.231 e. The molecular formula is C13H13ClN2O3S. The number of nitrogens with one attached hydrogen (secondary N) is 1. The number of halogens is 1. The van der Waals surface area contributed by atoms with Gasteiger partial charge in [-0.1, -0.05) is 22.9 Å². The molecule has 1 aliphatic heterocycles. The number of hydrogen-bond donors (Lipinski definition) is 1. The fourth-order valence-electron chi connectivity index (χ4n) is 1.86. The highest BCUT2D eigenvalue weighted by molar-refractivity contribution is 7.18. The van der Waals surface area contributed by atoms with Crippen LogP contribution >= 0.6 is 22.9 Å². The van der Waals surface area contributed by atoms with E-state index < -0.39 is 0 Å². The summed E-state index contributed by atoms with van der Waals surface area (Å²) in [5.74, 6) is 1.29. The van der Waals surface area contributed by atoms with Crippen LogP contribution in [-0.4, -0.2) is 32.0 Å². The van der Waals surface area contributed by atoms with Crippen LogP contribution in [0.15, 0.2) is 18.3 Å². The third-order valence-corrected chi connectivity index (χ3v) is 4.08. The van der Waals surface area contributed by atoms with Gasteiger partial charge in [0.25, 0.3) is 0 Å². The van der Waals surface area contributed by atoms with E-state index in [9.17, 15) is 0 Å². The molecule has 0 atom stereocenters. The van der Waals surface area contributed by atoms with Gasteiger partial charge in [-0.25, -0.2) is 4.98 Å². The van der Waals surface area contributed by atoms with E-state index in [0.717, 1.165) is 22.1 Å². The highest BCUT2D eigenvalue weighted by atomic mass is 35.5. The third kappa shape index (κ3) is 2.67. The molecule has 20 heavy (non-hydrogen) atoms. The van der Waals surface area contributed by atoms with E-state index in [-0.39, 0.29) is 6.79 Å². The molecule has 1 N–H and O–H groups in total. The van der Waals surface area contributed by atoms with Gasteiger partial charge in [0.1, 0.15) is 0 Å². The standard InChI is InChI=1S/C13H13ClN2O3S/c1-17-3-2-15-13-16-6-11(20-13)8-4-9(14)12-10(5-8)18-7-19-12/h4-6H,2-3,7H2,1H3,(H,15,16). The van der Waals surface area contributed by atoms with E-state index >= 15 is 0 Å². The first-order valence-corrected chi connectivity index (χ1v) is 7.25. The van der Waals surface area contributed by atoms with Crippen molar-refractivity contribution in [3.63, 3.8) is 0 Å². The van der Waals surface area contributed by atoms with Gasteiger partial charge in [-0.2, -0.15) is 0 Å². The molecule has 0 unspecified atom stereocenters. The second kappa shape index (κ2) is 5.87. The van der Waals surface area contributed by atoms with Gasteiger partial charge in [0, 0.05) is 19.9 Å².